The van der Waals surface area contributed by atoms with E-state index in [4.69, 9.17) is 9.26 Å². The summed E-state index contributed by atoms with van der Waals surface area (Å²) in [6.07, 6.45) is 1.98. The number of aliphatic hydroxyl groups excluding tert-OH is 1. The van der Waals surface area contributed by atoms with E-state index in [1.165, 1.54) is 0 Å². The van der Waals surface area contributed by atoms with Crippen molar-refractivity contribution >= 4 is 16.9 Å². The summed E-state index contributed by atoms with van der Waals surface area (Å²) >= 11 is 0. The third-order valence-electron chi connectivity index (χ3n) is 4.57. The van der Waals surface area contributed by atoms with Gasteiger partial charge in [0.25, 0.3) is 5.89 Å². The van der Waals surface area contributed by atoms with Crippen molar-refractivity contribution in [3.8, 4) is 0 Å². The molecule has 0 aliphatic carbocycles. The zero-order valence-electron chi connectivity index (χ0n) is 14.8. The van der Waals surface area contributed by atoms with Crippen molar-refractivity contribution in [1.82, 2.24) is 25.0 Å². The molecule has 1 fully saturated rings. The summed E-state index contributed by atoms with van der Waals surface area (Å²) in [5, 5.41) is 16.2. The van der Waals surface area contributed by atoms with Gasteiger partial charge in [-0.05, 0) is 25.0 Å². The summed E-state index contributed by atoms with van der Waals surface area (Å²) in [5.74, 6) is 1.30. The second-order valence-electron chi connectivity index (χ2n) is 6.40. The van der Waals surface area contributed by atoms with Crippen LogP contribution >= 0.6 is 0 Å². The lowest BCUT2D eigenvalue weighted by atomic mass is 10.2. The zero-order valence-corrected chi connectivity index (χ0v) is 14.8. The van der Waals surface area contributed by atoms with E-state index < -0.39 is 0 Å². The molecule has 0 bridgehead atoms. The zero-order chi connectivity index (χ0) is 18.6. The number of nitrogens with zero attached hydrogens (tertiary/aromatic N) is 4. The van der Waals surface area contributed by atoms with Gasteiger partial charge in [-0.25, -0.2) is 4.98 Å². The molecule has 1 amide bonds. The Morgan fingerprint density at radius 3 is 3.04 bits per heavy atom. The molecular formula is C18H21N5O4. The third-order valence-corrected chi connectivity index (χ3v) is 4.57. The Kier molecular flexibility index (Phi) is 5.12. The molecule has 27 heavy (non-hydrogen) atoms. The number of aromatic nitrogens is 4. The summed E-state index contributed by atoms with van der Waals surface area (Å²) < 4.78 is 12.6. The minimum atomic E-state index is -0.175. The number of imidazole rings is 1. The predicted molar refractivity (Wildman–Crippen MR) is 94.3 cm³/mol. The van der Waals surface area contributed by atoms with Crippen LogP contribution in [0.2, 0.25) is 0 Å². The predicted octanol–water partition coefficient (Wildman–Crippen LogP) is 1.47. The van der Waals surface area contributed by atoms with Crippen LogP contribution in [0.1, 0.15) is 42.9 Å². The van der Waals surface area contributed by atoms with Gasteiger partial charge in [-0.15, -0.1) is 0 Å². The molecule has 2 N–H and O–H groups in total. The molecule has 142 valence electrons. The molecule has 1 saturated heterocycles. The van der Waals surface area contributed by atoms with E-state index in [1.807, 2.05) is 28.8 Å². The van der Waals surface area contributed by atoms with Crippen molar-refractivity contribution in [2.75, 3.05) is 6.61 Å². The van der Waals surface area contributed by atoms with Crippen molar-refractivity contribution in [1.29, 1.82) is 0 Å². The van der Waals surface area contributed by atoms with Crippen molar-refractivity contribution in [3.05, 3.63) is 41.8 Å². The lowest BCUT2D eigenvalue weighted by Crippen LogP contribution is -2.24. The number of aliphatic hydroxyl groups is 1. The minimum Gasteiger partial charge on any atom is -0.388 e. The molecule has 0 unspecified atom stereocenters. The number of hydrogen-bond acceptors (Lipinski definition) is 7. The molecule has 9 heteroatoms. The van der Waals surface area contributed by atoms with Gasteiger partial charge in [-0.3, -0.25) is 4.79 Å². The summed E-state index contributed by atoms with van der Waals surface area (Å²) in [4.78, 5) is 20.8. The first-order valence-corrected chi connectivity index (χ1v) is 9.00. The van der Waals surface area contributed by atoms with Crippen LogP contribution in [-0.4, -0.2) is 37.3 Å². The number of ether oxygens (including phenoxy) is 1. The van der Waals surface area contributed by atoms with Crippen molar-refractivity contribution in [2.45, 2.75) is 45.1 Å². The maximum absolute atomic E-state index is 12.2. The molecule has 1 atom stereocenters. The monoisotopic (exact) mass is 371 g/mol. The van der Waals surface area contributed by atoms with Crippen molar-refractivity contribution < 1.29 is 19.2 Å². The lowest BCUT2D eigenvalue weighted by molar-refractivity contribution is -0.121. The van der Waals surface area contributed by atoms with Crippen LogP contribution in [0.3, 0.4) is 0 Å². The maximum atomic E-state index is 12.2. The number of carbonyl (C=O) groups excluding carboxylic acids is 1. The third kappa shape index (κ3) is 3.83. The fourth-order valence-electron chi connectivity index (χ4n) is 3.22. The van der Waals surface area contributed by atoms with Gasteiger partial charge < -0.3 is 24.3 Å². The van der Waals surface area contributed by atoms with E-state index in [2.05, 4.69) is 20.4 Å². The Balaban J connectivity index is 1.32. The van der Waals surface area contributed by atoms with Crippen LogP contribution in [0, 0.1) is 0 Å². The maximum Gasteiger partial charge on any atom is 0.255 e. The normalized spacial score (nSPS) is 16.9. The second-order valence-corrected chi connectivity index (χ2v) is 6.40. The van der Waals surface area contributed by atoms with Gasteiger partial charge in [-0.2, -0.15) is 4.98 Å². The van der Waals surface area contributed by atoms with E-state index in [9.17, 15) is 9.90 Å². The van der Waals surface area contributed by atoms with Crippen molar-refractivity contribution in [2.24, 2.45) is 0 Å². The van der Waals surface area contributed by atoms with Gasteiger partial charge in [-0.1, -0.05) is 17.3 Å². The fraction of sp³-hybridized carbons (Fsp3) is 0.444. The minimum absolute atomic E-state index is 0.131. The van der Waals surface area contributed by atoms with E-state index in [0.717, 1.165) is 23.9 Å². The molecule has 2 aromatic heterocycles. The van der Waals surface area contributed by atoms with Crippen LogP contribution in [0.15, 0.2) is 28.8 Å². The van der Waals surface area contributed by atoms with Gasteiger partial charge in [0, 0.05) is 19.6 Å². The SMILES string of the molecule is O=C(CCn1c(CO)nc2ccccc21)NCc1noc([C@@H]2CCCO2)n1. The number of rotatable bonds is 7. The molecule has 3 aromatic rings. The molecular weight excluding hydrogens is 350 g/mol. The highest BCUT2D eigenvalue weighted by Crippen LogP contribution is 2.26. The first-order valence-electron chi connectivity index (χ1n) is 9.00. The highest BCUT2D eigenvalue weighted by atomic mass is 16.5. The number of benzene rings is 1. The van der Waals surface area contributed by atoms with Crippen LogP contribution in [0.5, 0.6) is 0 Å². The molecule has 9 nitrogen and oxygen atoms in total. The Labute approximate surface area is 155 Å². The summed E-state index contributed by atoms with van der Waals surface area (Å²) in [6, 6.07) is 7.60. The van der Waals surface area contributed by atoms with Gasteiger partial charge in [0.05, 0.1) is 17.6 Å². The topological polar surface area (TPSA) is 115 Å². The van der Waals surface area contributed by atoms with E-state index in [0.29, 0.717) is 30.7 Å². The molecule has 1 aliphatic heterocycles. The van der Waals surface area contributed by atoms with E-state index in [1.54, 1.807) is 0 Å². The first-order chi connectivity index (χ1) is 13.2. The number of amides is 1. The smallest absolute Gasteiger partial charge is 0.255 e. The highest BCUT2D eigenvalue weighted by Gasteiger charge is 2.23. The van der Waals surface area contributed by atoms with Gasteiger partial charge in [0.1, 0.15) is 18.5 Å². The summed E-state index contributed by atoms with van der Waals surface area (Å²) in [7, 11) is 0. The standard InChI is InChI=1S/C18H21N5O4/c24-11-16-20-12-4-1-2-5-13(12)23(16)8-7-17(25)19-10-15-21-18(27-22-15)14-6-3-9-26-14/h1-2,4-5,14,24H,3,6-11H2,(H,19,25)/t14-/m0/s1. The summed E-state index contributed by atoms with van der Waals surface area (Å²) in [6.45, 7) is 1.16. The number of carbonyl (C=O) groups is 1. The number of para-hydroxylation sites is 2. The van der Waals surface area contributed by atoms with Gasteiger partial charge in [0.15, 0.2) is 5.82 Å². The van der Waals surface area contributed by atoms with Gasteiger partial charge >= 0.3 is 0 Å². The Morgan fingerprint density at radius 1 is 1.33 bits per heavy atom. The number of hydrogen-bond donors (Lipinski definition) is 2. The molecule has 0 radical (unpaired) electrons. The Hall–Kier alpha value is -2.78. The Morgan fingerprint density at radius 2 is 2.22 bits per heavy atom. The molecule has 0 saturated carbocycles. The first kappa shape index (κ1) is 17.6. The molecule has 0 spiro atoms. The molecule has 3 heterocycles. The largest absolute Gasteiger partial charge is 0.388 e. The lowest BCUT2D eigenvalue weighted by Gasteiger charge is -2.08. The van der Waals surface area contributed by atoms with Crippen LogP contribution in [0.4, 0.5) is 0 Å². The quantitative estimate of drug-likeness (QED) is 0.646. The highest BCUT2D eigenvalue weighted by molar-refractivity contribution is 5.77. The second kappa shape index (κ2) is 7.85. The number of fused-ring (bicyclic) bond motifs is 1. The number of aryl methyl sites for hydroxylation is 1. The molecule has 1 aliphatic rings. The average molecular weight is 371 g/mol. The van der Waals surface area contributed by atoms with Crippen LogP contribution < -0.4 is 5.32 Å². The Bertz CT molecular complexity index is 929. The summed E-state index contributed by atoms with van der Waals surface area (Å²) in [5.41, 5.74) is 1.70. The number of nitrogens with one attached hydrogen (secondary N) is 1. The van der Waals surface area contributed by atoms with E-state index >= 15 is 0 Å². The molecule has 1 aromatic carbocycles. The van der Waals surface area contributed by atoms with Crippen LogP contribution in [0.25, 0.3) is 11.0 Å². The van der Waals surface area contributed by atoms with Crippen LogP contribution in [-0.2, 0) is 29.2 Å². The van der Waals surface area contributed by atoms with Crippen molar-refractivity contribution in [3.63, 3.8) is 0 Å². The average Bonchev–Trinajstić information content (AvgIpc) is 3.43. The fourth-order valence-corrected chi connectivity index (χ4v) is 3.22. The molecule has 4 rings (SSSR count). The van der Waals surface area contributed by atoms with Gasteiger partial charge in [0.2, 0.25) is 5.91 Å². The van der Waals surface area contributed by atoms with E-state index in [-0.39, 0.29) is 31.6 Å².